The van der Waals surface area contributed by atoms with Crippen LogP contribution in [0.2, 0.25) is 0 Å². The third kappa shape index (κ3) is 3.60. The van der Waals surface area contributed by atoms with E-state index >= 15 is 0 Å². The number of nitrogens with one attached hydrogen (secondary N) is 1. The summed E-state index contributed by atoms with van der Waals surface area (Å²) in [4.78, 5) is 11.3. The highest BCUT2D eigenvalue weighted by atomic mass is 16.5. The van der Waals surface area contributed by atoms with Gasteiger partial charge in [0.2, 0.25) is 0 Å². The molecule has 1 heterocycles. The van der Waals surface area contributed by atoms with E-state index in [1.54, 1.807) is 13.2 Å². The molecule has 0 atom stereocenters. The molecule has 0 bridgehead atoms. The first-order valence-corrected chi connectivity index (χ1v) is 7.67. The van der Waals surface area contributed by atoms with E-state index in [1.807, 2.05) is 18.2 Å². The van der Waals surface area contributed by atoms with Crippen LogP contribution in [0.1, 0.15) is 25.7 Å². The number of hydrogen-bond acceptors (Lipinski definition) is 5. The van der Waals surface area contributed by atoms with E-state index in [-0.39, 0.29) is 11.9 Å². The summed E-state index contributed by atoms with van der Waals surface area (Å²) >= 11 is 0. The zero-order chi connectivity index (χ0) is 15.4. The van der Waals surface area contributed by atoms with E-state index in [1.165, 1.54) is 0 Å². The topological polar surface area (TPSA) is 56.8 Å². The van der Waals surface area contributed by atoms with Crippen molar-refractivity contribution in [1.82, 2.24) is 0 Å². The molecule has 0 amide bonds. The Labute approximate surface area is 130 Å². The largest absolute Gasteiger partial charge is 0.493 e. The number of hydrogen-bond donors (Lipinski definition) is 1. The van der Waals surface area contributed by atoms with Crippen LogP contribution in [-0.4, -0.2) is 32.2 Å². The number of allylic oxidation sites excluding steroid dienone is 2. The summed E-state index contributed by atoms with van der Waals surface area (Å²) < 4.78 is 16.8. The van der Waals surface area contributed by atoms with Gasteiger partial charge in [0.25, 0.3) is 0 Å². The van der Waals surface area contributed by atoms with Gasteiger partial charge in [0.05, 0.1) is 20.3 Å². The van der Waals surface area contributed by atoms with E-state index < -0.39 is 0 Å². The van der Waals surface area contributed by atoms with Gasteiger partial charge in [-0.05, 0) is 18.6 Å². The fourth-order valence-corrected chi connectivity index (χ4v) is 2.70. The zero-order valence-electron chi connectivity index (χ0n) is 12.8. The number of rotatable bonds is 5. The van der Waals surface area contributed by atoms with E-state index in [9.17, 15) is 4.79 Å². The van der Waals surface area contributed by atoms with E-state index in [0.717, 1.165) is 49.6 Å². The van der Waals surface area contributed by atoms with E-state index in [4.69, 9.17) is 14.2 Å². The summed E-state index contributed by atoms with van der Waals surface area (Å²) in [5.74, 6) is 1.62. The van der Waals surface area contributed by atoms with Crippen LogP contribution in [0.3, 0.4) is 0 Å². The molecule has 1 aliphatic heterocycles. The van der Waals surface area contributed by atoms with Crippen molar-refractivity contribution < 1.29 is 19.0 Å². The molecule has 3 rings (SSSR count). The molecule has 1 saturated heterocycles. The smallest absolute Gasteiger partial charge is 0.163 e. The summed E-state index contributed by atoms with van der Waals surface area (Å²) in [7, 11) is 1.64. The SMILES string of the molecule is COc1ccc(NC2=CC(=O)CC2)cc1OC1CCOCC1. The lowest BCUT2D eigenvalue weighted by molar-refractivity contribution is -0.114. The summed E-state index contributed by atoms with van der Waals surface area (Å²) in [6.45, 7) is 1.47. The average molecular weight is 303 g/mol. The maximum atomic E-state index is 11.3. The van der Waals surface area contributed by atoms with E-state index in [0.29, 0.717) is 12.2 Å². The highest BCUT2D eigenvalue weighted by Crippen LogP contribution is 2.33. The quantitative estimate of drug-likeness (QED) is 0.906. The fourth-order valence-electron chi connectivity index (χ4n) is 2.70. The maximum Gasteiger partial charge on any atom is 0.163 e. The second-order valence-electron chi connectivity index (χ2n) is 5.56. The second-order valence-corrected chi connectivity index (χ2v) is 5.56. The Morgan fingerprint density at radius 2 is 2.00 bits per heavy atom. The van der Waals surface area contributed by atoms with Gasteiger partial charge in [0.1, 0.15) is 6.10 Å². The molecule has 1 aromatic carbocycles. The number of benzene rings is 1. The molecule has 22 heavy (non-hydrogen) atoms. The average Bonchev–Trinajstić information content (AvgIpc) is 2.94. The van der Waals surface area contributed by atoms with Crippen LogP contribution < -0.4 is 14.8 Å². The number of anilines is 1. The Balaban J connectivity index is 1.73. The summed E-state index contributed by atoms with van der Waals surface area (Å²) in [6, 6.07) is 5.74. The molecule has 0 aromatic heterocycles. The maximum absolute atomic E-state index is 11.3. The Bertz CT molecular complexity index is 576. The minimum atomic E-state index is 0.158. The van der Waals surface area contributed by atoms with Crippen molar-refractivity contribution in [3.05, 3.63) is 30.0 Å². The summed E-state index contributed by atoms with van der Waals surface area (Å²) in [6.07, 6.45) is 4.96. The molecule has 1 aliphatic carbocycles. The molecule has 1 N–H and O–H groups in total. The predicted octanol–water partition coefficient (Wildman–Crippen LogP) is 2.91. The standard InChI is InChI=1S/C17H21NO4/c1-20-16-5-3-13(18-12-2-4-14(19)10-12)11-17(16)22-15-6-8-21-9-7-15/h3,5,10-11,15,18H,2,4,6-9H2,1H3. The Morgan fingerprint density at radius 3 is 2.68 bits per heavy atom. The van der Waals surface area contributed by atoms with Crippen molar-refractivity contribution in [2.24, 2.45) is 0 Å². The number of ketones is 1. The van der Waals surface area contributed by atoms with Crippen molar-refractivity contribution in [3.63, 3.8) is 0 Å². The highest BCUT2D eigenvalue weighted by Gasteiger charge is 2.18. The Hall–Kier alpha value is -2.01. The van der Waals surface area contributed by atoms with Crippen LogP contribution in [0, 0.1) is 0 Å². The van der Waals surface area contributed by atoms with Crippen LogP contribution in [-0.2, 0) is 9.53 Å². The van der Waals surface area contributed by atoms with Crippen LogP contribution in [0.5, 0.6) is 11.5 Å². The van der Waals surface area contributed by atoms with Crippen LogP contribution >= 0.6 is 0 Å². The van der Waals surface area contributed by atoms with Gasteiger partial charge in [-0.1, -0.05) is 0 Å². The van der Waals surface area contributed by atoms with E-state index in [2.05, 4.69) is 5.32 Å². The van der Waals surface area contributed by atoms with Crippen molar-refractivity contribution in [1.29, 1.82) is 0 Å². The molecule has 118 valence electrons. The lowest BCUT2D eigenvalue weighted by Gasteiger charge is -2.24. The van der Waals surface area contributed by atoms with Gasteiger partial charge in [-0.2, -0.15) is 0 Å². The fraction of sp³-hybridized carbons (Fsp3) is 0.471. The van der Waals surface area contributed by atoms with Crippen LogP contribution in [0.25, 0.3) is 0 Å². The van der Waals surface area contributed by atoms with Crippen molar-refractivity contribution >= 4 is 11.5 Å². The molecule has 0 spiro atoms. The molecule has 1 fully saturated rings. The molecular formula is C17H21NO4. The molecule has 2 aliphatic rings. The normalized spacial score (nSPS) is 19.0. The third-order valence-electron chi connectivity index (χ3n) is 3.91. The molecule has 1 aromatic rings. The second kappa shape index (κ2) is 6.83. The van der Waals surface area contributed by atoms with Crippen molar-refractivity contribution in [2.75, 3.05) is 25.6 Å². The monoisotopic (exact) mass is 303 g/mol. The number of carbonyl (C=O) groups excluding carboxylic acids is 1. The van der Waals surface area contributed by atoms with Gasteiger partial charge in [-0.25, -0.2) is 0 Å². The summed E-state index contributed by atoms with van der Waals surface area (Å²) in [5.41, 5.74) is 1.86. The highest BCUT2D eigenvalue weighted by molar-refractivity contribution is 5.93. The molecule has 0 unspecified atom stereocenters. The lowest BCUT2D eigenvalue weighted by atomic mass is 10.1. The molecular weight excluding hydrogens is 282 g/mol. The van der Waals surface area contributed by atoms with Crippen molar-refractivity contribution in [3.8, 4) is 11.5 Å². The minimum absolute atomic E-state index is 0.158. The van der Waals surface area contributed by atoms with Crippen LogP contribution in [0.4, 0.5) is 5.69 Å². The molecule has 5 heteroatoms. The zero-order valence-corrected chi connectivity index (χ0v) is 12.8. The van der Waals surface area contributed by atoms with Gasteiger partial charge in [-0.15, -0.1) is 0 Å². The first kappa shape index (κ1) is 14.9. The van der Waals surface area contributed by atoms with Gasteiger partial charge in [0, 0.05) is 42.8 Å². The molecule has 5 nitrogen and oxygen atoms in total. The van der Waals surface area contributed by atoms with Gasteiger partial charge < -0.3 is 19.5 Å². The van der Waals surface area contributed by atoms with Crippen LogP contribution in [0.15, 0.2) is 30.0 Å². The third-order valence-corrected chi connectivity index (χ3v) is 3.91. The van der Waals surface area contributed by atoms with Gasteiger partial charge in [-0.3, -0.25) is 4.79 Å². The first-order chi connectivity index (χ1) is 10.7. The van der Waals surface area contributed by atoms with Gasteiger partial charge >= 0.3 is 0 Å². The predicted molar refractivity (Wildman–Crippen MR) is 83.4 cm³/mol. The van der Waals surface area contributed by atoms with Gasteiger partial charge in [0.15, 0.2) is 17.3 Å². The number of methoxy groups -OCH3 is 1. The first-order valence-electron chi connectivity index (χ1n) is 7.67. The number of ether oxygens (including phenoxy) is 3. The lowest BCUT2D eigenvalue weighted by Crippen LogP contribution is -2.26. The molecule has 0 saturated carbocycles. The van der Waals surface area contributed by atoms with Crippen molar-refractivity contribution in [2.45, 2.75) is 31.8 Å². The Morgan fingerprint density at radius 1 is 1.18 bits per heavy atom. The summed E-state index contributed by atoms with van der Waals surface area (Å²) in [5, 5.41) is 3.28. The minimum Gasteiger partial charge on any atom is -0.493 e. The molecule has 0 radical (unpaired) electrons. The Kier molecular flexibility index (Phi) is 4.63. The number of carbonyl (C=O) groups is 1.